The third-order valence-corrected chi connectivity index (χ3v) is 2.26. The van der Waals surface area contributed by atoms with Gasteiger partial charge in [-0.3, -0.25) is 0 Å². The van der Waals surface area contributed by atoms with Crippen LogP contribution < -0.4 is 4.90 Å². The van der Waals surface area contributed by atoms with Crippen LogP contribution in [-0.2, 0) is 0 Å². The zero-order valence-electron chi connectivity index (χ0n) is 9.46. The first-order valence-corrected chi connectivity index (χ1v) is 5.21. The topological polar surface area (TPSA) is 4.44 Å². The normalized spacial score (nSPS) is 11.7. The Bertz CT molecular complexity index is 354. The lowest BCUT2D eigenvalue weighted by Gasteiger charge is -2.13. The second-order valence-electron chi connectivity index (χ2n) is 3.79. The first-order valence-electron chi connectivity index (χ1n) is 5.21. The molecular weight excluding hydrogens is 182 g/mol. The Kier molecular flexibility index (Phi) is 4.66. The first kappa shape index (κ1) is 11.6. The van der Waals surface area contributed by atoms with Crippen molar-refractivity contribution < 1.29 is 4.90 Å². The van der Waals surface area contributed by atoms with Gasteiger partial charge in [-0.05, 0) is 18.1 Å². The molecule has 0 fully saturated rings. The smallest absolute Gasteiger partial charge is 0.152 e. The van der Waals surface area contributed by atoms with Crippen LogP contribution in [0.2, 0.25) is 0 Å². The van der Waals surface area contributed by atoms with Crippen LogP contribution in [0.4, 0.5) is 0 Å². The van der Waals surface area contributed by atoms with E-state index in [0.29, 0.717) is 6.04 Å². The summed E-state index contributed by atoms with van der Waals surface area (Å²) >= 11 is 0. The Hall–Kier alpha value is -1.52. The predicted octanol–water partition coefficient (Wildman–Crippen LogP) is 1.13. The summed E-state index contributed by atoms with van der Waals surface area (Å²) in [5, 5.41) is 0. The van der Waals surface area contributed by atoms with E-state index in [2.05, 4.69) is 32.5 Å². The second-order valence-corrected chi connectivity index (χ2v) is 3.79. The standard InChI is InChI=1S/C14H17N/c1-4-8-14(15(2)3)12-11-13-9-6-5-7-10-13/h4-7,9-10,14H,1,8H2,2-3H3/p+1/t14-/m0/s1. The van der Waals surface area contributed by atoms with Crippen LogP contribution in [0.1, 0.15) is 12.0 Å². The summed E-state index contributed by atoms with van der Waals surface area (Å²) < 4.78 is 0. The highest BCUT2D eigenvalue weighted by atomic mass is 15.1. The van der Waals surface area contributed by atoms with Crippen molar-refractivity contribution in [1.82, 2.24) is 0 Å². The van der Waals surface area contributed by atoms with E-state index in [1.54, 1.807) is 0 Å². The van der Waals surface area contributed by atoms with E-state index in [4.69, 9.17) is 0 Å². The molecular formula is C14H18N+. The van der Waals surface area contributed by atoms with Crippen LogP contribution in [0, 0.1) is 11.8 Å². The van der Waals surface area contributed by atoms with Gasteiger partial charge in [-0.15, -0.1) is 6.58 Å². The van der Waals surface area contributed by atoms with Crippen molar-refractivity contribution in [3.63, 3.8) is 0 Å². The lowest BCUT2D eigenvalue weighted by Crippen LogP contribution is -3.09. The maximum atomic E-state index is 3.76. The van der Waals surface area contributed by atoms with Gasteiger partial charge in [0.1, 0.15) is 0 Å². The van der Waals surface area contributed by atoms with Gasteiger partial charge in [-0.1, -0.05) is 30.2 Å². The van der Waals surface area contributed by atoms with Crippen LogP contribution >= 0.6 is 0 Å². The third-order valence-electron chi connectivity index (χ3n) is 2.26. The molecule has 0 aliphatic carbocycles. The van der Waals surface area contributed by atoms with Gasteiger partial charge in [0, 0.05) is 12.0 Å². The monoisotopic (exact) mass is 200 g/mol. The fourth-order valence-corrected chi connectivity index (χ4v) is 1.30. The minimum Gasteiger partial charge on any atom is -0.327 e. The molecule has 1 N–H and O–H groups in total. The molecule has 1 aromatic carbocycles. The highest BCUT2D eigenvalue weighted by molar-refractivity contribution is 5.34. The maximum Gasteiger partial charge on any atom is 0.152 e. The van der Waals surface area contributed by atoms with Crippen molar-refractivity contribution in [2.45, 2.75) is 12.5 Å². The summed E-state index contributed by atoms with van der Waals surface area (Å²) in [5.74, 6) is 6.47. The minimum atomic E-state index is 0.336. The molecule has 0 saturated carbocycles. The molecule has 15 heavy (non-hydrogen) atoms. The summed E-state index contributed by atoms with van der Waals surface area (Å²) in [6, 6.07) is 10.4. The Morgan fingerprint density at radius 3 is 2.53 bits per heavy atom. The van der Waals surface area contributed by atoms with E-state index in [0.717, 1.165) is 12.0 Å². The van der Waals surface area contributed by atoms with Gasteiger partial charge in [0.2, 0.25) is 0 Å². The molecule has 1 aromatic rings. The zero-order valence-corrected chi connectivity index (χ0v) is 9.46. The van der Waals surface area contributed by atoms with E-state index in [1.807, 2.05) is 36.4 Å². The predicted molar refractivity (Wildman–Crippen MR) is 64.7 cm³/mol. The molecule has 0 bridgehead atoms. The van der Waals surface area contributed by atoms with Crippen LogP contribution in [0.25, 0.3) is 0 Å². The molecule has 0 aromatic heterocycles. The van der Waals surface area contributed by atoms with Crippen molar-refractivity contribution in [2.24, 2.45) is 0 Å². The average Bonchev–Trinajstić information content (AvgIpc) is 2.25. The molecule has 1 atom stereocenters. The van der Waals surface area contributed by atoms with Gasteiger partial charge in [0.05, 0.1) is 14.1 Å². The summed E-state index contributed by atoms with van der Waals surface area (Å²) in [6.45, 7) is 3.76. The quantitative estimate of drug-likeness (QED) is 0.551. The van der Waals surface area contributed by atoms with Crippen molar-refractivity contribution in [3.8, 4) is 11.8 Å². The molecule has 0 unspecified atom stereocenters. The van der Waals surface area contributed by atoms with E-state index < -0.39 is 0 Å². The molecule has 0 heterocycles. The number of rotatable bonds is 3. The molecule has 0 amide bonds. The van der Waals surface area contributed by atoms with E-state index in [9.17, 15) is 0 Å². The highest BCUT2D eigenvalue weighted by Gasteiger charge is 2.07. The van der Waals surface area contributed by atoms with Crippen molar-refractivity contribution in [2.75, 3.05) is 14.1 Å². The first-order chi connectivity index (χ1) is 7.24. The van der Waals surface area contributed by atoms with Gasteiger partial charge in [-0.25, -0.2) is 0 Å². The van der Waals surface area contributed by atoms with Gasteiger partial charge < -0.3 is 4.90 Å². The van der Waals surface area contributed by atoms with Crippen molar-refractivity contribution in [3.05, 3.63) is 48.6 Å². The van der Waals surface area contributed by atoms with Gasteiger partial charge in [0.15, 0.2) is 6.04 Å². The third kappa shape index (κ3) is 4.01. The molecule has 0 spiro atoms. The summed E-state index contributed by atoms with van der Waals surface area (Å²) in [6.07, 6.45) is 2.86. The van der Waals surface area contributed by atoms with Crippen LogP contribution in [0.15, 0.2) is 43.0 Å². The van der Waals surface area contributed by atoms with E-state index in [1.165, 1.54) is 4.90 Å². The largest absolute Gasteiger partial charge is 0.327 e. The Morgan fingerprint density at radius 2 is 2.00 bits per heavy atom. The van der Waals surface area contributed by atoms with Crippen molar-refractivity contribution >= 4 is 0 Å². The number of benzene rings is 1. The fraction of sp³-hybridized carbons (Fsp3) is 0.286. The summed E-state index contributed by atoms with van der Waals surface area (Å²) in [4.78, 5) is 1.35. The van der Waals surface area contributed by atoms with Crippen LogP contribution in [0.3, 0.4) is 0 Å². The van der Waals surface area contributed by atoms with Gasteiger partial charge in [-0.2, -0.15) is 0 Å². The van der Waals surface area contributed by atoms with Crippen LogP contribution in [-0.4, -0.2) is 20.1 Å². The zero-order chi connectivity index (χ0) is 11.1. The number of nitrogens with one attached hydrogen (secondary N) is 1. The average molecular weight is 200 g/mol. The maximum absolute atomic E-state index is 3.76. The molecule has 0 aliphatic heterocycles. The molecule has 0 radical (unpaired) electrons. The lowest BCUT2D eigenvalue weighted by atomic mass is 10.1. The number of hydrogen-bond acceptors (Lipinski definition) is 0. The van der Waals surface area contributed by atoms with Gasteiger partial charge in [0.25, 0.3) is 0 Å². The van der Waals surface area contributed by atoms with E-state index in [-0.39, 0.29) is 0 Å². The van der Waals surface area contributed by atoms with Crippen molar-refractivity contribution in [1.29, 1.82) is 0 Å². The molecule has 1 heteroatoms. The molecule has 0 aliphatic rings. The summed E-state index contributed by atoms with van der Waals surface area (Å²) in [5.41, 5.74) is 1.08. The Labute approximate surface area is 92.4 Å². The van der Waals surface area contributed by atoms with Crippen LogP contribution in [0.5, 0.6) is 0 Å². The SMILES string of the molecule is C=CC[C@@H](C#Cc1ccccc1)[NH+](C)C. The molecule has 1 nitrogen and oxygen atoms in total. The number of quaternary nitrogens is 1. The second kappa shape index (κ2) is 6.06. The van der Waals surface area contributed by atoms with Gasteiger partial charge >= 0.3 is 0 Å². The molecule has 1 rings (SSSR count). The lowest BCUT2D eigenvalue weighted by molar-refractivity contribution is -0.876. The molecule has 0 saturated heterocycles. The van der Waals surface area contributed by atoms with E-state index >= 15 is 0 Å². The minimum absolute atomic E-state index is 0.336. The highest BCUT2D eigenvalue weighted by Crippen LogP contribution is 1.95. The Balaban J connectivity index is 2.73. The number of hydrogen-bond donors (Lipinski definition) is 1. The molecule has 78 valence electrons. The Morgan fingerprint density at radius 1 is 1.33 bits per heavy atom. The fourth-order valence-electron chi connectivity index (χ4n) is 1.30. The summed E-state index contributed by atoms with van der Waals surface area (Å²) in [7, 11) is 4.24.